The van der Waals surface area contributed by atoms with E-state index in [2.05, 4.69) is 0 Å². The van der Waals surface area contributed by atoms with Crippen molar-refractivity contribution in [1.29, 1.82) is 0 Å². The normalized spacial score (nSPS) is 35.1. The number of fused-ring (bicyclic) bond motifs is 1. The van der Waals surface area contributed by atoms with Gasteiger partial charge in [0.1, 0.15) is 10.2 Å². The molecule has 0 radical (unpaired) electrons. The van der Waals surface area contributed by atoms with Crippen LogP contribution in [0.2, 0.25) is 0 Å². The van der Waals surface area contributed by atoms with E-state index in [1.165, 1.54) is 18.9 Å². The van der Waals surface area contributed by atoms with Crippen LogP contribution in [0.1, 0.15) is 40.0 Å². The second-order valence-electron chi connectivity index (χ2n) is 7.53. The molecule has 1 aromatic carbocycles. The predicted molar refractivity (Wildman–Crippen MR) is 107 cm³/mol. The Bertz CT molecular complexity index is 796. The van der Waals surface area contributed by atoms with E-state index in [0.29, 0.717) is 6.42 Å². The zero-order valence-corrected chi connectivity index (χ0v) is 18.3. The maximum absolute atomic E-state index is 13.1. The van der Waals surface area contributed by atoms with Crippen LogP contribution in [0, 0.1) is 11.8 Å². The Morgan fingerprint density at radius 1 is 1.36 bits per heavy atom. The third-order valence-corrected chi connectivity index (χ3v) is 9.24. The van der Waals surface area contributed by atoms with Crippen LogP contribution in [-0.2, 0) is 28.6 Å². The number of hydrogen-bond acceptors (Lipinski definition) is 7. The molecule has 6 nitrogen and oxygen atoms in total. The smallest absolute Gasteiger partial charge is 0.311 e. The highest BCUT2D eigenvalue weighted by atomic mass is 32.2. The molecule has 0 N–H and O–H groups in total. The van der Waals surface area contributed by atoms with Gasteiger partial charge >= 0.3 is 5.97 Å². The Morgan fingerprint density at radius 3 is 2.64 bits per heavy atom. The second-order valence-corrected chi connectivity index (χ2v) is 10.6. The predicted octanol–water partition coefficient (Wildman–Crippen LogP) is 3.61. The monoisotopic (exact) mass is 428 g/mol. The Labute approximate surface area is 171 Å². The van der Waals surface area contributed by atoms with E-state index in [1.807, 2.05) is 44.2 Å². The maximum Gasteiger partial charge on any atom is 0.311 e. The van der Waals surface area contributed by atoms with E-state index < -0.39 is 44.4 Å². The molecule has 2 aliphatic rings. The topological polar surface area (TPSA) is 78.9 Å². The van der Waals surface area contributed by atoms with Gasteiger partial charge in [-0.3, -0.25) is 8.98 Å². The summed E-state index contributed by atoms with van der Waals surface area (Å²) in [7, 11) is -2.51. The first-order chi connectivity index (χ1) is 13.2. The summed E-state index contributed by atoms with van der Waals surface area (Å²) >= 11 is 1.43. The molecule has 0 aromatic heterocycles. The molecule has 0 saturated carbocycles. The highest BCUT2D eigenvalue weighted by Crippen LogP contribution is 2.56. The number of carbonyl (C=O) groups is 1. The summed E-state index contributed by atoms with van der Waals surface area (Å²) in [5.74, 6) is -1.13. The Balaban J connectivity index is 2.04. The van der Waals surface area contributed by atoms with Crippen molar-refractivity contribution in [2.45, 2.75) is 67.3 Å². The summed E-state index contributed by atoms with van der Waals surface area (Å²) in [6.07, 6.45) is 0.653. The number of esters is 1. The first-order valence-corrected chi connectivity index (χ1v) is 12.0. The summed E-state index contributed by atoms with van der Waals surface area (Å²) in [4.78, 5) is 12.0. The molecule has 0 amide bonds. The van der Waals surface area contributed by atoms with Crippen LogP contribution in [0.15, 0.2) is 35.2 Å². The number of hydrogen-bond donors (Lipinski definition) is 0. The minimum Gasteiger partial charge on any atom is -0.469 e. The van der Waals surface area contributed by atoms with Crippen molar-refractivity contribution in [3.05, 3.63) is 30.3 Å². The van der Waals surface area contributed by atoms with Crippen molar-refractivity contribution in [2.24, 2.45) is 11.8 Å². The van der Waals surface area contributed by atoms with Crippen LogP contribution < -0.4 is 0 Å². The van der Waals surface area contributed by atoms with Gasteiger partial charge in [0.05, 0.1) is 25.2 Å². The largest absolute Gasteiger partial charge is 0.469 e. The van der Waals surface area contributed by atoms with Crippen molar-refractivity contribution in [1.82, 2.24) is 0 Å². The van der Waals surface area contributed by atoms with Crippen LogP contribution in [0.4, 0.5) is 0 Å². The van der Waals surface area contributed by atoms with E-state index in [4.69, 9.17) is 13.7 Å². The molecule has 3 rings (SSSR count). The summed E-state index contributed by atoms with van der Waals surface area (Å²) in [5, 5.41) is -0.842. The molecular formula is C20H28O6S2. The van der Waals surface area contributed by atoms with E-state index in [1.54, 1.807) is 6.92 Å². The summed E-state index contributed by atoms with van der Waals surface area (Å²) < 4.78 is 43.0. The average Bonchev–Trinajstić information content (AvgIpc) is 3.07. The first-order valence-electron chi connectivity index (χ1n) is 9.67. The third kappa shape index (κ3) is 3.84. The number of benzene rings is 1. The van der Waals surface area contributed by atoms with Gasteiger partial charge < -0.3 is 9.47 Å². The van der Waals surface area contributed by atoms with Gasteiger partial charge in [-0.2, -0.15) is 8.42 Å². The summed E-state index contributed by atoms with van der Waals surface area (Å²) in [5.41, 5.74) is 0. The molecule has 2 aliphatic heterocycles. The van der Waals surface area contributed by atoms with Crippen molar-refractivity contribution < 1.29 is 26.9 Å². The molecule has 2 unspecified atom stereocenters. The SMILES string of the molecule is CCC[C@@H]1OS(=O)(=O)C2C[C@H]([C@@H](C)C(=O)OC)OC2(Sc2ccccc2)[C@H]1C. The fraction of sp³-hybridized carbons (Fsp3) is 0.650. The Hall–Kier alpha value is -1.09. The molecule has 0 aliphatic carbocycles. The average molecular weight is 429 g/mol. The van der Waals surface area contributed by atoms with Gasteiger partial charge in [0.25, 0.3) is 10.1 Å². The van der Waals surface area contributed by atoms with Crippen molar-refractivity contribution in [3.8, 4) is 0 Å². The van der Waals surface area contributed by atoms with Gasteiger partial charge in [0, 0.05) is 10.8 Å². The van der Waals surface area contributed by atoms with Gasteiger partial charge in [0.2, 0.25) is 0 Å². The molecule has 2 heterocycles. The van der Waals surface area contributed by atoms with Crippen LogP contribution in [0.25, 0.3) is 0 Å². The van der Waals surface area contributed by atoms with Gasteiger partial charge in [-0.15, -0.1) is 0 Å². The van der Waals surface area contributed by atoms with Crippen molar-refractivity contribution in [3.63, 3.8) is 0 Å². The highest BCUT2D eigenvalue weighted by molar-refractivity contribution is 8.01. The molecule has 2 fully saturated rings. The lowest BCUT2D eigenvalue weighted by molar-refractivity contribution is -0.151. The summed E-state index contributed by atoms with van der Waals surface area (Å²) in [6, 6.07) is 9.64. The lowest BCUT2D eigenvalue weighted by atomic mass is 9.91. The lowest BCUT2D eigenvalue weighted by Crippen LogP contribution is -2.56. The second kappa shape index (κ2) is 8.34. The standard InChI is InChI=1S/C20H28O6S2/c1-5-9-16-14(3)20(27-15-10-7-6-8-11-15)18(28(22,23)26-16)12-17(25-20)13(2)19(21)24-4/h6-8,10-11,13-14,16-18H,5,9,12H2,1-4H3/t13-,14+,16+,17-,18?,20?/m1/s1. The van der Waals surface area contributed by atoms with Crippen molar-refractivity contribution in [2.75, 3.05) is 7.11 Å². The highest BCUT2D eigenvalue weighted by Gasteiger charge is 2.65. The molecule has 0 bridgehead atoms. The number of methoxy groups -OCH3 is 1. The van der Waals surface area contributed by atoms with E-state index >= 15 is 0 Å². The van der Waals surface area contributed by atoms with Gasteiger partial charge in [-0.1, -0.05) is 50.2 Å². The van der Waals surface area contributed by atoms with Gasteiger partial charge in [-0.05, 0) is 31.9 Å². The van der Waals surface area contributed by atoms with Crippen LogP contribution in [-0.4, -0.2) is 43.9 Å². The van der Waals surface area contributed by atoms with E-state index in [-0.39, 0.29) is 12.3 Å². The molecule has 156 valence electrons. The number of carbonyl (C=O) groups excluding carboxylic acids is 1. The molecule has 0 spiro atoms. The summed E-state index contributed by atoms with van der Waals surface area (Å²) in [6.45, 7) is 5.71. The molecule has 8 heteroatoms. The van der Waals surface area contributed by atoms with Gasteiger partial charge in [0.15, 0.2) is 0 Å². The number of ether oxygens (including phenoxy) is 2. The zero-order chi connectivity index (χ0) is 20.5. The Kier molecular flexibility index (Phi) is 6.44. The molecular weight excluding hydrogens is 400 g/mol. The number of rotatable bonds is 6. The van der Waals surface area contributed by atoms with Crippen molar-refractivity contribution >= 4 is 27.8 Å². The van der Waals surface area contributed by atoms with Gasteiger partial charge in [-0.25, -0.2) is 0 Å². The molecule has 1 aromatic rings. The molecule has 28 heavy (non-hydrogen) atoms. The first kappa shape index (κ1) is 21.6. The van der Waals surface area contributed by atoms with Crippen LogP contribution in [0.5, 0.6) is 0 Å². The Morgan fingerprint density at radius 2 is 2.04 bits per heavy atom. The van der Waals surface area contributed by atoms with E-state index in [0.717, 1.165) is 11.3 Å². The van der Waals surface area contributed by atoms with Crippen LogP contribution >= 0.6 is 11.8 Å². The molecule has 2 saturated heterocycles. The third-order valence-electron chi connectivity index (χ3n) is 5.75. The fourth-order valence-electron chi connectivity index (χ4n) is 4.12. The number of thioether (sulfide) groups is 1. The van der Waals surface area contributed by atoms with E-state index in [9.17, 15) is 13.2 Å². The lowest BCUT2D eigenvalue weighted by Gasteiger charge is -2.46. The van der Waals surface area contributed by atoms with Crippen LogP contribution in [0.3, 0.4) is 0 Å². The maximum atomic E-state index is 13.1. The molecule has 6 atom stereocenters. The fourth-order valence-corrected chi connectivity index (χ4v) is 7.86. The quantitative estimate of drug-likeness (QED) is 0.506. The minimum absolute atomic E-state index is 0.166. The minimum atomic E-state index is -3.84. The zero-order valence-electron chi connectivity index (χ0n) is 16.7.